The van der Waals surface area contributed by atoms with Crippen LogP contribution < -0.4 is 10.6 Å². The van der Waals surface area contributed by atoms with E-state index in [0.717, 1.165) is 23.7 Å². The number of hydrogen-bond acceptors (Lipinski definition) is 6. The maximum atomic E-state index is 12.7. The van der Waals surface area contributed by atoms with Gasteiger partial charge in [0.15, 0.2) is 0 Å². The number of fused-ring (bicyclic) bond motifs is 1. The molecule has 0 bridgehead atoms. The van der Waals surface area contributed by atoms with E-state index in [1.54, 1.807) is 36.5 Å². The molecule has 0 saturated carbocycles. The molecule has 2 N–H and O–H groups in total. The number of anilines is 2. The molecule has 7 heteroatoms. The van der Waals surface area contributed by atoms with Crippen LogP contribution in [0.1, 0.15) is 30.1 Å². The first-order valence-electron chi connectivity index (χ1n) is 9.92. The highest BCUT2D eigenvalue weighted by Crippen LogP contribution is 2.21. The molecule has 2 aromatic carbocycles. The minimum atomic E-state index is -0.642. The quantitative estimate of drug-likeness (QED) is 0.241. The summed E-state index contributed by atoms with van der Waals surface area (Å²) in [5.74, 6) is -1.16. The van der Waals surface area contributed by atoms with Crippen LogP contribution in [0.5, 0.6) is 0 Å². The van der Waals surface area contributed by atoms with Gasteiger partial charge in [-0.2, -0.15) is 5.26 Å². The SMILES string of the molecule is CCCCOC(=O)c1ccccc1NC(=O)/C(C#N)=C\Nc1cccc2cccnc12. The first-order chi connectivity index (χ1) is 15.1. The number of carbonyl (C=O) groups is 2. The van der Waals surface area contributed by atoms with Gasteiger partial charge in [-0.25, -0.2) is 4.79 Å². The molecule has 0 atom stereocenters. The fourth-order valence-electron chi connectivity index (χ4n) is 2.87. The Bertz CT molecular complexity index is 1160. The molecular formula is C24H22N4O3. The minimum absolute atomic E-state index is 0.151. The summed E-state index contributed by atoms with van der Waals surface area (Å²) in [6.45, 7) is 2.31. The van der Waals surface area contributed by atoms with Crippen molar-refractivity contribution < 1.29 is 14.3 Å². The third-order valence-corrected chi connectivity index (χ3v) is 4.50. The van der Waals surface area contributed by atoms with Crippen molar-refractivity contribution in [2.75, 3.05) is 17.2 Å². The van der Waals surface area contributed by atoms with Crippen LogP contribution in [-0.2, 0) is 9.53 Å². The summed E-state index contributed by atoms with van der Waals surface area (Å²) < 4.78 is 5.23. The van der Waals surface area contributed by atoms with Gasteiger partial charge in [-0.05, 0) is 30.7 Å². The van der Waals surface area contributed by atoms with E-state index in [2.05, 4.69) is 15.6 Å². The molecule has 3 rings (SSSR count). The normalized spacial score (nSPS) is 10.9. The second-order valence-electron chi connectivity index (χ2n) is 6.68. The highest BCUT2D eigenvalue weighted by molar-refractivity contribution is 6.09. The number of ether oxygens (including phenoxy) is 1. The minimum Gasteiger partial charge on any atom is -0.462 e. The van der Waals surface area contributed by atoms with E-state index in [-0.39, 0.29) is 16.8 Å². The Balaban J connectivity index is 1.76. The van der Waals surface area contributed by atoms with Crippen LogP contribution in [0.15, 0.2) is 72.6 Å². The number of nitriles is 1. The molecule has 0 spiro atoms. The summed E-state index contributed by atoms with van der Waals surface area (Å²) >= 11 is 0. The predicted octanol–water partition coefficient (Wildman–Crippen LogP) is 4.65. The van der Waals surface area contributed by atoms with E-state index in [1.807, 2.05) is 37.3 Å². The number of benzene rings is 2. The van der Waals surface area contributed by atoms with E-state index in [9.17, 15) is 14.9 Å². The molecule has 7 nitrogen and oxygen atoms in total. The van der Waals surface area contributed by atoms with E-state index < -0.39 is 11.9 Å². The van der Waals surface area contributed by atoms with Crippen molar-refractivity contribution in [3.8, 4) is 6.07 Å². The summed E-state index contributed by atoms with van der Waals surface area (Å²) in [5.41, 5.74) is 1.75. The summed E-state index contributed by atoms with van der Waals surface area (Å²) in [6.07, 6.45) is 4.66. The Morgan fingerprint density at radius 1 is 1.10 bits per heavy atom. The van der Waals surface area contributed by atoms with Gasteiger partial charge in [0.25, 0.3) is 5.91 Å². The standard InChI is InChI=1S/C24H22N4O3/c1-2-3-14-31-24(30)19-10-4-5-11-20(19)28-23(29)18(15-25)16-27-21-12-6-8-17-9-7-13-26-22(17)21/h4-13,16,27H,2-3,14H2,1H3,(H,28,29)/b18-16-. The molecule has 0 aliphatic rings. The number of nitrogens with one attached hydrogen (secondary N) is 2. The number of para-hydroxylation sites is 2. The second-order valence-corrected chi connectivity index (χ2v) is 6.68. The van der Waals surface area contributed by atoms with Gasteiger partial charge < -0.3 is 15.4 Å². The predicted molar refractivity (Wildman–Crippen MR) is 119 cm³/mol. The van der Waals surface area contributed by atoms with E-state index in [0.29, 0.717) is 12.3 Å². The van der Waals surface area contributed by atoms with Gasteiger partial charge in [0, 0.05) is 17.8 Å². The fraction of sp³-hybridized carbons (Fsp3) is 0.167. The third kappa shape index (κ3) is 5.46. The summed E-state index contributed by atoms with van der Waals surface area (Å²) in [6, 6.07) is 17.7. The lowest BCUT2D eigenvalue weighted by Crippen LogP contribution is -2.18. The molecule has 31 heavy (non-hydrogen) atoms. The Hall–Kier alpha value is -4.18. The van der Waals surface area contributed by atoms with Gasteiger partial charge in [0.1, 0.15) is 11.6 Å². The zero-order valence-electron chi connectivity index (χ0n) is 17.1. The van der Waals surface area contributed by atoms with Crippen LogP contribution in [0.4, 0.5) is 11.4 Å². The Labute approximate surface area is 180 Å². The number of hydrogen-bond donors (Lipinski definition) is 2. The largest absolute Gasteiger partial charge is 0.462 e. The van der Waals surface area contributed by atoms with Gasteiger partial charge in [0.2, 0.25) is 0 Å². The fourth-order valence-corrected chi connectivity index (χ4v) is 2.87. The molecule has 156 valence electrons. The highest BCUT2D eigenvalue weighted by atomic mass is 16.5. The van der Waals surface area contributed by atoms with Crippen molar-refractivity contribution in [3.05, 3.63) is 78.1 Å². The topological polar surface area (TPSA) is 104 Å². The lowest BCUT2D eigenvalue weighted by molar-refractivity contribution is -0.112. The molecule has 0 radical (unpaired) electrons. The zero-order valence-corrected chi connectivity index (χ0v) is 17.1. The van der Waals surface area contributed by atoms with Gasteiger partial charge in [-0.3, -0.25) is 9.78 Å². The number of carbonyl (C=O) groups excluding carboxylic acids is 2. The Morgan fingerprint density at radius 2 is 1.87 bits per heavy atom. The van der Waals surface area contributed by atoms with Crippen LogP contribution >= 0.6 is 0 Å². The van der Waals surface area contributed by atoms with Crippen molar-refractivity contribution in [2.24, 2.45) is 0 Å². The molecule has 1 heterocycles. The molecule has 0 aliphatic heterocycles. The number of aromatic nitrogens is 1. The van der Waals surface area contributed by atoms with Crippen molar-refractivity contribution in [2.45, 2.75) is 19.8 Å². The molecule has 0 fully saturated rings. The highest BCUT2D eigenvalue weighted by Gasteiger charge is 2.16. The van der Waals surface area contributed by atoms with Crippen molar-refractivity contribution >= 4 is 34.2 Å². The van der Waals surface area contributed by atoms with Gasteiger partial charge >= 0.3 is 5.97 Å². The lowest BCUT2D eigenvalue weighted by atomic mass is 10.1. The van der Waals surface area contributed by atoms with Crippen molar-refractivity contribution in [1.82, 2.24) is 4.98 Å². The molecule has 3 aromatic rings. The van der Waals surface area contributed by atoms with E-state index in [4.69, 9.17) is 4.74 Å². The van der Waals surface area contributed by atoms with Crippen LogP contribution in [0.3, 0.4) is 0 Å². The molecular weight excluding hydrogens is 392 g/mol. The van der Waals surface area contributed by atoms with Crippen LogP contribution in [0.25, 0.3) is 10.9 Å². The first-order valence-corrected chi connectivity index (χ1v) is 9.92. The Morgan fingerprint density at radius 3 is 2.68 bits per heavy atom. The number of unbranched alkanes of at least 4 members (excludes halogenated alkanes) is 1. The summed E-state index contributed by atoms with van der Waals surface area (Å²) in [7, 11) is 0. The Kier molecular flexibility index (Phi) is 7.33. The van der Waals surface area contributed by atoms with Crippen LogP contribution in [0, 0.1) is 11.3 Å². The number of nitrogens with zero attached hydrogens (tertiary/aromatic N) is 2. The average molecular weight is 414 g/mol. The van der Waals surface area contributed by atoms with Crippen LogP contribution in [-0.4, -0.2) is 23.5 Å². The van der Waals surface area contributed by atoms with Crippen molar-refractivity contribution in [3.63, 3.8) is 0 Å². The monoisotopic (exact) mass is 414 g/mol. The van der Waals surface area contributed by atoms with Gasteiger partial charge in [-0.1, -0.05) is 43.7 Å². The maximum Gasteiger partial charge on any atom is 0.340 e. The smallest absolute Gasteiger partial charge is 0.340 e. The summed E-state index contributed by atoms with van der Waals surface area (Å²) in [4.78, 5) is 29.3. The van der Waals surface area contributed by atoms with Gasteiger partial charge in [-0.15, -0.1) is 0 Å². The maximum absolute atomic E-state index is 12.7. The molecule has 1 amide bonds. The van der Waals surface area contributed by atoms with Crippen LogP contribution in [0.2, 0.25) is 0 Å². The van der Waals surface area contributed by atoms with E-state index >= 15 is 0 Å². The third-order valence-electron chi connectivity index (χ3n) is 4.50. The number of amides is 1. The molecule has 1 aromatic heterocycles. The number of esters is 1. The lowest BCUT2D eigenvalue weighted by Gasteiger charge is -2.11. The number of rotatable bonds is 8. The second kappa shape index (κ2) is 10.6. The molecule has 0 unspecified atom stereocenters. The van der Waals surface area contributed by atoms with Gasteiger partial charge in [0.05, 0.1) is 29.1 Å². The van der Waals surface area contributed by atoms with E-state index in [1.165, 1.54) is 6.20 Å². The first kappa shape index (κ1) is 21.5. The summed E-state index contributed by atoms with van der Waals surface area (Å²) in [5, 5.41) is 16.0. The molecule has 0 saturated heterocycles. The number of pyridine rings is 1. The zero-order chi connectivity index (χ0) is 22.1. The van der Waals surface area contributed by atoms with Crippen molar-refractivity contribution in [1.29, 1.82) is 5.26 Å². The average Bonchev–Trinajstić information content (AvgIpc) is 2.80. The molecule has 0 aliphatic carbocycles.